The fourth-order valence-corrected chi connectivity index (χ4v) is 1.56. The summed E-state index contributed by atoms with van der Waals surface area (Å²) in [7, 11) is 0. The number of aromatic nitrogens is 1. The van der Waals surface area contributed by atoms with Gasteiger partial charge in [0.25, 0.3) is 0 Å². The van der Waals surface area contributed by atoms with E-state index in [0.29, 0.717) is 16.6 Å². The van der Waals surface area contributed by atoms with Gasteiger partial charge in [-0.1, -0.05) is 23.7 Å². The van der Waals surface area contributed by atoms with E-state index in [1.165, 1.54) is 20.1 Å². The monoisotopic (exact) mass is 295 g/mol. The predicted molar refractivity (Wildman–Crippen MR) is 73.5 cm³/mol. The van der Waals surface area contributed by atoms with Gasteiger partial charge in [0.2, 0.25) is 5.89 Å². The normalized spacial score (nSPS) is 11.6. The van der Waals surface area contributed by atoms with Crippen LogP contribution in [-0.4, -0.2) is 21.7 Å². The average molecular weight is 296 g/mol. The van der Waals surface area contributed by atoms with Crippen molar-refractivity contribution in [1.29, 1.82) is 0 Å². The number of benzene rings is 1. The van der Waals surface area contributed by atoms with Crippen LogP contribution in [0.25, 0.3) is 11.3 Å². The minimum atomic E-state index is -1.28. The number of rotatable bonds is 5. The molecule has 20 heavy (non-hydrogen) atoms. The lowest BCUT2D eigenvalue weighted by Crippen LogP contribution is -2.34. The summed E-state index contributed by atoms with van der Waals surface area (Å²) in [5, 5.41) is 9.58. The summed E-state index contributed by atoms with van der Waals surface area (Å²) < 4.78 is 10.5. The van der Waals surface area contributed by atoms with Gasteiger partial charge in [0, 0.05) is 10.6 Å². The lowest BCUT2D eigenvalue weighted by Gasteiger charge is -2.18. The van der Waals surface area contributed by atoms with Crippen LogP contribution >= 0.6 is 11.6 Å². The number of aliphatic carboxylic acids is 1. The largest absolute Gasteiger partial charge is 0.479 e. The van der Waals surface area contributed by atoms with Gasteiger partial charge in [-0.15, -0.1) is 0 Å². The Labute approximate surface area is 121 Å². The number of hydrogen-bond acceptors (Lipinski definition) is 4. The third kappa shape index (κ3) is 3.37. The highest BCUT2D eigenvalue weighted by molar-refractivity contribution is 6.30. The van der Waals surface area contributed by atoms with Crippen molar-refractivity contribution in [3.8, 4) is 11.3 Å². The van der Waals surface area contributed by atoms with E-state index < -0.39 is 11.6 Å². The van der Waals surface area contributed by atoms with Crippen LogP contribution in [0.1, 0.15) is 19.7 Å². The first-order valence-electron chi connectivity index (χ1n) is 5.96. The maximum absolute atomic E-state index is 10.9. The number of halogens is 1. The molecular weight excluding hydrogens is 282 g/mol. The van der Waals surface area contributed by atoms with Crippen LogP contribution in [0.3, 0.4) is 0 Å². The fraction of sp³-hybridized carbons (Fsp3) is 0.286. The van der Waals surface area contributed by atoms with Crippen LogP contribution in [0.4, 0.5) is 0 Å². The number of nitrogens with zero attached hydrogens (tertiary/aromatic N) is 1. The highest BCUT2D eigenvalue weighted by atomic mass is 35.5. The molecule has 6 heteroatoms. The molecule has 1 N–H and O–H groups in total. The summed E-state index contributed by atoms with van der Waals surface area (Å²) in [6.45, 7) is 2.93. The summed E-state index contributed by atoms with van der Waals surface area (Å²) in [5.41, 5.74) is 0.227. The molecule has 0 fully saturated rings. The molecule has 2 aromatic rings. The van der Waals surface area contributed by atoms with Crippen LogP contribution in [0.15, 0.2) is 34.9 Å². The Morgan fingerprint density at radius 2 is 2.05 bits per heavy atom. The van der Waals surface area contributed by atoms with E-state index in [1.54, 1.807) is 12.1 Å². The highest BCUT2D eigenvalue weighted by Crippen LogP contribution is 2.22. The predicted octanol–water partition coefficient (Wildman–Crippen LogP) is 3.37. The fourth-order valence-electron chi connectivity index (χ4n) is 1.43. The number of carboxylic acids is 1. The third-order valence-electron chi connectivity index (χ3n) is 2.76. The Hall–Kier alpha value is -1.85. The smallest absolute Gasteiger partial charge is 0.335 e. The molecule has 0 amide bonds. The van der Waals surface area contributed by atoms with Crippen molar-refractivity contribution < 1.29 is 19.1 Å². The third-order valence-corrected chi connectivity index (χ3v) is 3.02. The van der Waals surface area contributed by atoms with Gasteiger partial charge in [-0.2, -0.15) is 0 Å². The van der Waals surface area contributed by atoms with Gasteiger partial charge in [0.05, 0.1) is 0 Å². The van der Waals surface area contributed by atoms with Crippen LogP contribution in [0.5, 0.6) is 0 Å². The zero-order valence-electron chi connectivity index (χ0n) is 11.1. The van der Waals surface area contributed by atoms with E-state index in [1.807, 2.05) is 12.1 Å². The van der Waals surface area contributed by atoms with E-state index in [4.69, 9.17) is 25.9 Å². The molecule has 0 atom stereocenters. The molecule has 0 saturated carbocycles. The molecule has 106 valence electrons. The first kappa shape index (κ1) is 14.6. The van der Waals surface area contributed by atoms with Crippen molar-refractivity contribution in [2.24, 2.45) is 0 Å². The van der Waals surface area contributed by atoms with Gasteiger partial charge in [0.15, 0.2) is 5.60 Å². The number of carbonyl (C=O) groups is 1. The minimum Gasteiger partial charge on any atom is -0.479 e. The van der Waals surface area contributed by atoms with E-state index in [0.717, 1.165) is 5.56 Å². The second-order valence-electron chi connectivity index (χ2n) is 4.74. The highest BCUT2D eigenvalue weighted by Gasteiger charge is 2.28. The Balaban J connectivity index is 2.06. The molecule has 0 saturated heterocycles. The molecule has 2 rings (SSSR count). The summed E-state index contributed by atoms with van der Waals surface area (Å²) >= 11 is 5.81. The van der Waals surface area contributed by atoms with Crippen LogP contribution in [-0.2, 0) is 16.1 Å². The molecule has 0 aliphatic rings. The van der Waals surface area contributed by atoms with Gasteiger partial charge in [-0.3, -0.25) is 0 Å². The molecule has 1 heterocycles. The molecule has 0 bridgehead atoms. The van der Waals surface area contributed by atoms with Crippen molar-refractivity contribution >= 4 is 17.6 Å². The van der Waals surface area contributed by atoms with Crippen LogP contribution < -0.4 is 0 Å². The number of hydrogen-bond donors (Lipinski definition) is 1. The number of carboxylic acid groups (broad SMARTS) is 1. The van der Waals surface area contributed by atoms with Gasteiger partial charge in [-0.25, -0.2) is 9.78 Å². The van der Waals surface area contributed by atoms with Crippen molar-refractivity contribution in [3.63, 3.8) is 0 Å². The molecule has 5 nitrogen and oxygen atoms in total. The van der Waals surface area contributed by atoms with Crippen molar-refractivity contribution in [3.05, 3.63) is 41.4 Å². The van der Waals surface area contributed by atoms with Crippen LogP contribution in [0, 0.1) is 0 Å². The number of oxazole rings is 1. The van der Waals surface area contributed by atoms with Crippen molar-refractivity contribution in [2.45, 2.75) is 26.1 Å². The van der Waals surface area contributed by atoms with E-state index in [2.05, 4.69) is 4.98 Å². The zero-order chi connectivity index (χ0) is 14.8. The van der Waals surface area contributed by atoms with E-state index in [-0.39, 0.29) is 6.61 Å². The standard InChI is InChI=1S/C14H14ClNO4/c1-14(2,13(17)18)20-8-12-16-11(7-19-12)9-3-5-10(15)6-4-9/h3-7H,8H2,1-2H3,(H,17,18). The molecule has 0 aliphatic carbocycles. The minimum absolute atomic E-state index is 0.00705. The average Bonchev–Trinajstić information content (AvgIpc) is 2.86. The molecule has 1 aromatic carbocycles. The Bertz CT molecular complexity index is 604. The lowest BCUT2D eigenvalue weighted by atomic mass is 10.1. The lowest BCUT2D eigenvalue weighted by molar-refractivity contribution is -0.163. The van der Waals surface area contributed by atoms with Gasteiger partial charge in [-0.05, 0) is 26.0 Å². The molecule has 0 aliphatic heterocycles. The quantitative estimate of drug-likeness (QED) is 0.915. The molecule has 0 radical (unpaired) electrons. The summed E-state index contributed by atoms with van der Waals surface area (Å²) in [6, 6.07) is 7.17. The van der Waals surface area contributed by atoms with Crippen molar-refractivity contribution in [1.82, 2.24) is 4.98 Å². The summed E-state index contributed by atoms with van der Waals surface area (Å²) in [5.74, 6) is -0.716. The van der Waals surface area contributed by atoms with E-state index in [9.17, 15) is 4.79 Å². The molecule has 0 spiro atoms. The van der Waals surface area contributed by atoms with Gasteiger partial charge < -0.3 is 14.3 Å². The Kier molecular flexibility index (Phi) is 4.11. The first-order chi connectivity index (χ1) is 9.38. The molecular formula is C14H14ClNO4. The second-order valence-corrected chi connectivity index (χ2v) is 5.17. The zero-order valence-corrected chi connectivity index (χ0v) is 11.8. The second kappa shape index (κ2) is 5.64. The topological polar surface area (TPSA) is 72.6 Å². The summed E-state index contributed by atoms with van der Waals surface area (Å²) in [4.78, 5) is 15.2. The molecule has 1 aromatic heterocycles. The SMILES string of the molecule is CC(C)(OCc1nc(-c2ccc(Cl)cc2)co1)C(=O)O. The van der Waals surface area contributed by atoms with Gasteiger partial charge >= 0.3 is 5.97 Å². The Morgan fingerprint density at radius 3 is 2.65 bits per heavy atom. The van der Waals surface area contributed by atoms with Gasteiger partial charge in [0.1, 0.15) is 18.6 Å². The maximum Gasteiger partial charge on any atom is 0.335 e. The summed E-state index contributed by atoms with van der Waals surface area (Å²) in [6.07, 6.45) is 1.50. The first-order valence-corrected chi connectivity index (χ1v) is 6.34. The number of ether oxygens (including phenoxy) is 1. The molecule has 0 unspecified atom stereocenters. The maximum atomic E-state index is 10.9. The van der Waals surface area contributed by atoms with Crippen molar-refractivity contribution in [2.75, 3.05) is 0 Å². The van der Waals surface area contributed by atoms with Crippen LogP contribution in [0.2, 0.25) is 5.02 Å². The van der Waals surface area contributed by atoms with E-state index >= 15 is 0 Å². The Morgan fingerprint density at radius 1 is 1.40 bits per heavy atom.